The molecular weight excluding hydrogens is 449 g/mol. The molecule has 0 aliphatic carbocycles. The Morgan fingerprint density at radius 3 is 2.06 bits per heavy atom. The van der Waals surface area contributed by atoms with Gasteiger partial charge in [0.2, 0.25) is 11.9 Å². The molecule has 3 aromatic rings. The van der Waals surface area contributed by atoms with Crippen LogP contribution in [0.15, 0.2) is 60.7 Å². The average Bonchev–Trinajstić information content (AvgIpc) is 2.84. The molecule has 1 fully saturated rings. The lowest BCUT2D eigenvalue weighted by molar-refractivity contribution is -0.165. The number of nitrogens with zero attached hydrogens (tertiary/aromatic N) is 1. The fourth-order valence-corrected chi connectivity index (χ4v) is 4.01. The first-order chi connectivity index (χ1) is 15.9. The van der Waals surface area contributed by atoms with Crippen LogP contribution in [0.3, 0.4) is 0 Å². The van der Waals surface area contributed by atoms with Gasteiger partial charge in [0, 0.05) is 11.6 Å². The Morgan fingerprint density at radius 2 is 1.52 bits per heavy atom. The van der Waals surface area contributed by atoms with Crippen LogP contribution in [0.4, 0.5) is 4.39 Å². The molecule has 4 rings (SSSR count). The average molecular weight is 472 g/mol. The molecule has 2 atom stereocenters. The zero-order valence-electron chi connectivity index (χ0n) is 18.4. The first kappa shape index (κ1) is 22.7. The molecule has 1 saturated heterocycles. The lowest BCUT2D eigenvalue weighted by atomic mass is 9.89. The number of hydrogen-bond acceptors (Lipinski definition) is 5. The molecular formula is C25H23ClFNO5. The van der Waals surface area contributed by atoms with Crippen molar-refractivity contribution in [2.24, 2.45) is 0 Å². The van der Waals surface area contributed by atoms with Gasteiger partial charge in [-0.15, -0.1) is 0 Å². The molecule has 8 heteroatoms. The van der Waals surface area contributed by atoms with Crippen molar-refractivity contribution in [2.45, 2.75) is 18.7 Å². The Morgan fingerprint density at radius 1 is 0.909 bits per heavy atom. The molecule has 0 bridgehead atoms. The van der Waals surface area contributed by atoms with E-state index in [0.717, 1.165) is 11.1 Å². The first-order valence-electron chi connectivity index (χ1n) is 10.2. The van der Waals surface area contributed by atoms with Gasteiger partial charge >= 0.3 is 0 Å². The van der Waals surface area contributed by atoms with Crippen LogP contribution < -0.4 is 18.9 Å². The lowest BCUT2D eigenvalue weighted by Gasteiger charge is -2.47. The third-order valence-corrected chi connectivity index (χ3v) is 5.77. The molecule has 0 spiro atoms. The lowest BCUT2D eigenvalue weighted by Crippen LogP contribution is -2.60. The van der Waals surface area contributed by atoms with Crippen LogP contribution in [0.25, 0.3) is 0 Å². The molecule has 3 aromatic carbocycles. The molecule has 1 amide bonds. The normalized spacial score (nSPS) is 17.4. The van der Waals surface area contributed by atoms with Crippen LogP contribution in [0, 0.1) is 5.82 Å². The van der Waals surface area contributed by atoms with E-state index < -0.39 is 12.1 Å². The molecule has 0 radical (unpaired) electrons. The number of carbonyl (C=O) groups excluding carboxylic acids is 1. The van der Waals surface area contributed by atoms with Gasteiger partial charge in [0.1, 0.15) is 17.6 Å². The van der Waals surface area contributed by atoms with Crippen LogP contribution in [0.2, 0.25) is 5.02 Å². The van der Waals surface area contributed by atoms with Gasteiger partial charge in [-0.25, -0.2) is 4.39 Å². The second-order valence-corrected chi connectivity index (χ2v) is 7.92. The summed E-state index contributed by atoms with van der Waals surface area (Å²) in [5.41, 5.74) is 1.55. The number of carbonyl (C=O) groups is 1. The molecule has 33 heavy (non-hydrogen) atoms. The van der Waals surface area contributed by atoms with Gasteiger partial charge in [0.15, 0.2) is 11.5 Å². The Bertz CT molecular complexity index is 1050. The Balaban J connectivity index is 1.71. The van der Waals surface area contributed by atoms with Crippen molar-refractivity contribution in [3.63, 3.8) is 0 Å². The van der Waals surface area contributed by atoms with Gasteiger partial charge in [0.05, 0.1) is 21.3 Å². The topological polar surface area (TPSA) is 57.2 Å². The summed E-state index contributed by atoms with van der Waals surface area (Å²) in [6, 6.07) is 16.0. The highest BCUT2D eigenvalue weighted by Gasteiger charge is 2.50. The molecule has 1 aliphatic heterocycles. The molecule has 6 nitrogen and oxygen atoms in total. The summed E-state index contributed by atoms with van der Waals surface area (Å²) in [6.07, 6.45) is -0.769. The molecule has 172 valence electrons. The minimum absolute atomic E-state index is 0.187. The van der Waals surface area contributed by atoms with Gasteiger partial charge in [0.25, 0.3) is 5.91 Å². The predicted octanol–water partition coefficient (Wildman–Crippen LogP) is 5.04. The minimum atomic E-state index is -0.769. The summed E-state index contributed by atoms with van der Waals surface area (Å²) in [5.74, 6) is 1.40. The number of methoxy groups -OCH3 is 3. The second-order valence-electron chi connectivity index (χ2n) is 7.49. The fraction of sp³-hybridized carbons (Fsp3) is 0.240. The first-order valence-corrected chi connectivity index (χ1v) is 10.6. The van der Waals surface area contributed by atoms with E-state index in [-0.39, 0.29) is 11.7 Å². The van der Waals surface area contributed by atoms with Crippen molar-refractivity contribution >= 4 is 17.5 Å². The van der Waals surface area contributed by atoms with E-state index in [1.165, 1.54) is 33.5 Å². The number of hydrogen-bond donors (Lipinski definition) is 0. The van der Waals surface area contributed by atoms with E-state index in [4.69, 9.17) is 30.5 Å². The summed E-state index contributed by atoms with van der Waals surface area (Å²) >= 11 is 5.97. The zero-order valence-corrected chi connectivity index (χ0v) is 19.1. The van der Waals surface area contributed by atoms with Crippen molar-refractivity contribution in [2.75, 3.05) is 21.3 Å². The maximum absolute atomic E-state index is 13.4. The summed E-state index contributed by atoms with van der Waals surface area (Å²) in [4.78, 5) is 14.8. The monoisotopic (exact) mass is 471 g/mol. The van der Waals surface area contributed by atoms with Gasteiger partial charge in [-0.3, -0.25) is 4.79 Å². The van der Waals surface area contributed by atoms with Crippen LogP contribution in [-0.4, -0.2) is 38.2 Å². The Hall–Kier alpha value is -3.45. The number of β-lactam (4-membered cyclic amide) rings is 1. The maximum Gasteiger partial charge on any atom is 0.267 e. The van der Waals surface area contributed by atoms with Crippen LogP contribution in [0.1, 0.15) is 17.2 Å². The van der Waals surface area contributed by atoms with Crippen molar-refractivity contribution in [1.29, 1.82) is 0 Å². The summed E-state index contributed by atoms with van der Waals surface area (Å²) in [7, 11) is 4.59. The quantitative estimate of drug-likeness (QED) is 0.431. The molecule has 0 unspecified atom stereocenters. The van der Waals surface area contributed by atoms with Gasteiger partial charge in [-0.2, -0.15) is 0 Å². The number of rotatable bonds is 8. The summed E-state index contributed by atoms with van der Waals surface area (Å²) in [6.45, 7) is 0.293. The minimum Gasteiger partial charge on any atom is -0.493 e. The van der Waals surface area contributed by atoms with Crippen molar-refractivity contribution < 1.29 is 28.1 Å². The van der Waals surface area contributed by atoms with E-state index in [1.807, 2.05) is 0 Å². The SMILES string of the molecule is COc1cc([C@@H]2[C@@H](Oc3ccc(Cl)cc3)C(=O)N2Cc2ccc(F)cc2)cc(OC)c1OC. The number of benzene rings is 3. The number of halogens is 2. The van der Waals surface area contributed by atoms with Crippen molar-refractivity contribution in [3.05, 3.63) is 82.6 Å². The molecule has 0 aromatic heterocycles. The molecule has 0 N–H and O–H groups in total. The van der Waals surface area contributed by atoms with Crippen LogP contribution in [0.5, 0.6) is 23.0 Å². The maximum atomic E-state index is 13.4. The van der Waals surface area contributed by atoms with Crippen molar-refractivity contribution in [1.82, 2.24) is 4.90 Å². The van der Waals surface area contributed by atoms with E-state index in [1.54, 1.807) is 53.4 Å². The van der Waals surface area contributed by atoms with Crippen LogP contribution >= 0.6 is 11.6 Å². The van der Waals surface area contributed by atoms with Crippen molar-refractivity contribution in [3.8, 4) is 23.0 Å². The summed E-state index contributed by atoms with van der Waals surface area (Å²) < 4.78 is 35.8. The second kappa shape index (κ2) is 9.58. The number of amides is 1. The summed E-state index contributed by atoms with van der Waals surface area (Å²) in [5, 5.41) is 0.571. The van der Waals surface area contributed by atoms with E-state index in [0.29, 0.717) is 34.6 Å². The molecule has 1 aliphatic rings. The number of likely N-dealkylation sites (tertiary alicyclic amines) is 1. The van der Waals surface area contributed by atoms with Gasteiger partial charge in [-0.05, 0) is 59.7 Å². The van der Waals surface area contributed by atoms with E-state index in [2.05, 4.69) is 0 Å². The van der Waals surface area contributed by atoms with E-state index >= 15 is 0 Å². The standard InChI is InChI=1S/C25H23ClFNO5/c1-30-20-12-16(13-21(31-2)23(20)32-3)22-24(33-19-10-6-17(26)7-11-19)25(29)28(22)14-15-4-8-18(27)9-5-15/h4-13,22,24H,14H2,1-3H3/t22-,24-/m1/s1. The Kier molecular flexibility index (Phi) is 6.60. The highest BCUT2D eigenvalue weighted by atomic mass is 35.5. The van der Waals surface area contributed by atoms with Gasteiger partial charge < -0.3 is 23.8 Å². The third-order valence-electron chi connectivity index (χ3n) is 5.52. The van der Waals surface area contributed by atoms with Gasteiger partial charge in [-0.1, -0.05) is 23.7 Å². The van der Waals surface area contributed by atoms with Crippen LogP contribution in [-0.2, 0) is 11.3 Å². The highest BCUT2D eigenvalue weighted by Crippen LogP contribution is 2.45. The van der Waals surface area contributed by atoms with E-state index in [9.17, 15) is 9.18 Å². The molecule has 1 heterocycles. The Labute approximate surface area is 196 Å². The largest absolute Gasteiger partial charge is 0.493 e. The number of ether oxygens (including phenoxy) is 4. The predicted molar refractivity (Wildman–Crippen MR) is 122 cm³/mol. The zero-order chi connectivity index (χ0) is 23.5. The fourth-order valence-electron chi connectivity index (χ4n) is 3.88. The highest BCUT2D eigenvalue weighted by molar-refractivity contribution is 6.30. The smallest absolute Gasteiger partial charge is 0.267 e. The third kappa shape index (κ3) is 4.54. The molecule has 0 saturated carbocycles.